The maximum atomic E-state index is 11.4. The lowest BCUT2D eigenvalue weighted by Gasteiger charge is -2.04. The van der Waals surface area contributed by atoms with Crippen molar-refractivity contribution in [3.05, 3.63) is 35.9 Å². The topological polar surface area (TPSA) is 46.5 Å². The molecule has 0 saturated heterocycles. The Labute approximate surface area is 102 Å². The van der Waals surface area contributed by atoms with Crippen molar-refractivity contribution in [3.63, 3.8) is 0 Å². The molecular formula is C14H20O3. The van der Waals surface area contributed by atoms with E-state index < -0.39 is 0 Å². The lowest BCUT2D eigenvalue weighted by Crippen LogP contribution is -2.04. The molecule has 0 spiro atoms. The van der Waals surface area contributed by atoms with E-state index in [9.17, 15) is 4.79 Å². The van der Waals surface area contributed by atoms with Crippen LogP contribution in [0.3, 0.4) is 0 Å². The molecule has 1 rings (SSSR count). The molecule has 1 aromatic rings. The molecule has 94 valence electrons. The molecule has 0 saturated carbocycles. The van der Waals surface area contributed by atoms with Gasteiger partial charge in [0.15, 0.2) is 0 Å². The smallest absolute Gasteiger partial charge is 0.306 e. The first-order chi connectivity index (χ1) is 8.33. The number of carbonyl (C=O) groups is 1. The summed E-state index contributed by atoms with van der Waals surface area (Å²) in [7, 11) is 0. The van der Waals surface area contributed by atoms with Gasteiger partial charge in [0, 0.05) is 13.0 Å². The molecule has 0 aliphatic heterocycles. The van der Waals surface area contributed by atoms with Crippen LogP contribution in [-0.2, 0) is 16.1 Å². The van der Waals surface area contributed by atoms with Crippen molar-refractivity contribution >= 4 is 5.97 Å². The van der Waals surface area contributed by atoms with Crippen molar-refractivity contribution in [2.45, 2.75) is 38.7 Å². The Morgan fingerprint density at radius 2 is 1.76 bits per heavy atom. The van der Waals surface area contributed by atoms with Crippen molar-refractivity contribution in [1.82, 2.24) is 0 Å². The van der Waals surface area contributed by atoms with E-state index in [0.29, 0.717) is 13.0 Å². The van der Waals surface area contributed by atoms with Crippen LogP contribution in [0.1, 0.15) is 37.7 Å². The van der Waals surface area contributed by atoms with Crippen LogP contribution in [0.25, 0.3) is 0 Å². The van der Waals surface area contributed by atoms with E-state index in [4.69, 9.17) is 9.84 Å². The van der Waals surface area contributed by atoms with Gasteiger partial charge in [0.25, 0.3) is 0 Å². The molecule has 0 aliphatic carbocycles. The highest BCUT2D eigenvalue weighted by molar-refractivity contribution is 5.69. The minimum Gasteiger partial charge on any atom is -0.461 e. The van der Waals surface area contributed by atoms with Crippen molar-refractivity contribution in [2.75, 3.05) is 6.61 Å². The van der Waals surface area contributed by atoms with Crippen LogP contribution in [0.15, 0.2) is 30.3 Å². The maximum Gasteiger partial charge on any atom is 0.306 e. The lowest BCUT2D eigenvalue weighted by molar-refractivity contribution is -0.145. The summed E-state index contributed by atoms with van der Waals surface area (Å²) in [5, 5.41) is 8.59. The molecule has 0 aliphatic rings. The average Bonchev–Trinajstić information content (AvgIpc) is 2.37. The number of hydrogen-bond acceptors (Lipinski definition) is 3. The van der Waals surface area contributed by atoms with Gasteiger partial charge in [0.05, 0.1) is 0 Å². The molecule has 0 radical (unpaired) electrons. The number of rotatable bonds is 8. The van der Waals surface area contributed by atoms with E-state index >= 15 is 0 Å². The van der Waals surface area contributed by atoms with Crippen LogP contribution >= 0.6 is 0 Å². The van der Waals surface area contributed by atoms with Crippen molar-refractivity contribution in [2.24, 2.45) is 0 Å². The third kappa shape index (κ3) is 6.74. The number of aliphatic hydroxyl groups is 1. The summed E-state index contributed by atoms with van der Waals surface area (Å²) in [6.45, 7) is 0.592. The molecule has 17 heavy (non-hydrogen) atoms. The summed E-state index contributed by atoms with van der Waals surface area (Å²) in [5.41, 5.74) is 1.01. The quantitative estimate of drug-likeness (QED) is 0.557. The van der Waals surface area contributed by atoms with Crippen LogP contribution in [0.4, 0.5) is 0 Å². The fraction of sp³-hybridized carbons (Fsp3) is 0.500. The molecule has 0 amide bonds. The molecule has 1 N–H and O–H groups in total. The van der Waals surface area contributed by atoms with Gasteiger partial charge in [-0.2, -0.15) is 0 Å². The van der Waals surface area contributed by atoms with Crippen molar-refractivity contribution in [1.29, 1.82) is 0 Å². The normalized spacial score (nSPS) is 10.2. The summed E-state index contributed by atoms with van der Waals surface area (Å²) in [4.78, 5) is 11.4. The number of aliphatic hydroxyl groups excluding tert-OH is 1. The SMILES string of the molecule is O=C(CCCCCCO)OCc1ccccc1. The van der Waals surface area contributed by atoms with Gasteiger partial charge in [-0.15, -0.1) is 0 Å². The molecular weight excluding hydrogens is 216 g/mol. The third-order valence-electron chi connectivity index (χ3n) is 2.53. The van der Waals surface area contributed by atoms with Gasteiger partial charge >= 0.3 is 5.97 Å². The first-order valence-electron chi connectivity index (χ1n) is 6.13. The van der Waals surface area contributed by atoms with Crippen LogP contribution < -0.4 is 0 Å². The summed E-state index contributed by atoms with van der Waals surface area (Å²) >= 11 is 0. The van der Waals surface area contributed by atoms with E-state index in [1.54, 1.807) is 0 Å². The highest BCUT2D eigenvalue weighted by Crippen LogP contribution is 2.06. The molecule has 3 nitrogen and oxygen atoms in total. The molecule has 0 fully saturated rings. The van der Waals surface area contributed by atoms with E-state index in [-0.39, 0.29) is 12.6 Å². The van der Waals surface area contributed by atoms with Crippen LogP contribution in [0.5, 0.6) is 0 Å². The van der Waals surface area contributed by atoms with Crippen LogP contribution in [0.2, 0.25) is 0 Å². The number of carbonyl (C=O) groups excluding carboxylic acids is 1. The fourth-order valence-electron chi connectivity index (χ4n) is 1.54. The van der Waals surface area contributed by atoms with Gasteiger partial charge in [-0.05, 0) is 18.4 Å². The van der Waals surface area contributed by atoms with Gasteiger partial charge in [0.1, 0.15) is 6.61 Å². The third-order valence-corrected chi connectivity index (χ3v) is 2.53. The average molecular weight is 236 g/mol. The predicted molar refractivity (Wildman–Crippen MR) is 66.4 cm³/mol. The lowest BCUT2D eigenvalue weighted by atomic mass is 10.1. The number of ether oxygens (including phenoxy) is 1. The zero-order chi connectivity index (χ0) is 12.3. The second-order valence-corrected chi connectivity index (χ2v) is 4.03. The zero-order valence-corrected chi connectivity index (χ0v) is 10.1. The Kier molecular flexibility index (Phi) is 7.07. The summed E-state index contributed by atoms with van der Waals surface area (Å²) in [6, 6.07) is 9.67. The summed E-state index contributed by atoms with van der Waals surface area (Å²) in [6.07, 6.45) is 4.08. The van der Waals surface area contributed by atoms with Crippen LogP contribution in [0, 0.1) is 0 Å². The van der Waals surface area contributed by atoms with Gasteiger partial charge in [0.2, 0.25) is 0 Å². The molecule has 3 heteroatoms. The molecule has 0 atom stereocenters. The Balaban J connectivity index is 2.05. The second-order valence-electron chi connectivity index (χ2n) is 4.03. The zero-order valence-electron chi connectivity index (χ0n) is 10.1. The largest absolute Gasteiger partial charge is 0.461 e. The van der Waals surface area contributed by atoms with Gasteiger partial charge in [-0.3, -0.25) is 4.79 Å². The van der Waals surface area contributed by atoms with E-state index in [2.05, 4.69) is 0 Å². The Hall–Kier alpha value is -1.35. The van der Waals surface area contributed by atoms with E-state index in [0.717, 1.165) is 31.2 Å². The van der Waals surface area contributed by atoms with E-state index in [1.165, 1.54) is 0 Å². The number of hydrogen-bond donors (Lipinski definition) is 1. The minimum absolute atomic E-state index is 0.141. The summed E-state index contributed by atoms with van der Waals surface area (Å²) in [5.74, 6) is -0.141. The van der Waals surface area contributed by atoms with Crippen molar-refractivity contribution in [3.8, 4) is 0 Å². The molecule has 0 aromatic heterocycles. The molecule has 1 aromatic carbocycles. The molecule has 0 heterocycles. The van der Waals surface area contributed by atoms with E-state index in [1.807, 2.05) is 30.3 Å². The number of benzene rings is 1. The van der Waals surface area contributed by atoms with Gasteiger partial charge in [-0.25, -0.2) is 0 Å². The fourth-order valence-corrected chi connectivity index (χ4v) is 1.54. The second kappa shape index (κ2) is 8.76. The predicted octanol–water partition coefficient (Wildman–Crippen LogP) is 2.67. The van der Waals surface area contributed by atoms with Crippen molar-refractivity contribution < 1.29 is 14.6 Å². The number of esters is 1. The van der Waals surface area contributed by atoms with Gasteiger partial charge in [-0.1, -0.05) is 43.2 Å². The highest BCUT2D eigenvalue weighted by Gasteiger charge is 2.02. The monoisotopic (exact) mass is 236 g/mol. The summed E-state index contributed by atoms with van der Waals surface area (Å²) < 4.78 is 5.15. The minimum atomic E-state index is -0.141. The molecule has 0 unspecified atom stereocenters. The first-order valence-corrected chi connectivity index (χ1v) is 6.13. The van der Waals surface area contributed by atoms with Crippen LogP contribution in [-0.4, -0.2) is 17.7 Å². The molecule has 0 bridgehead atoms. The first kappa shape index (κ1) is 13.7. The standard InChI is InChI=1S/C14H20O3/c15-11-7-2-1-6-10-14(16)17-12-13-8-4-3-5-9-13/h3-5,8-9,15H,1-2,6-7,10-12H2. The Bertz CT molecular complexity index is 309. The highest BCUT2D eigenvalue weighted by atomic mass is 16.5. The number of unbranched alkanes of at least 4 members (excludes halogenated alkanes) is 3. The Morgan fingerprint density at radius 1 is 1.06 bits per heavy atom. The Morgan fingerprint density at radius 3 is 2.47 bits per heavy atom. The maximum absolute atomic E-state index is 11.4. The van der Waals surface area contributed by atoms with Gasteiger partial charge < -0.3 is 9.84 Å².